The fourth-order valence-corrected chi connectivity index (χ4v) is 3.99. The number of anilines is 1. The molecule has 0 aliphatic heterocycles. The summed E-state index contributed by atoms with van der Waals surface area (Å²) < 4.78 is 25.9. The van der Waals surface area contributed by atoms with Gasteiger partial charge in [-0.15, -0.1) is 0 Å². The molecule has 0 spiro atoms. The summed E-state index contributed by atoms with van der Waals surface area (Å²) in [6.07, 6.45) is 4.04. The van der Waals surface area contributed by atoms with Gasteiger partial charge in [0.05, 0.1) is 28.4 Å². The van der Waals surface area contributed by atoms with E-state index in [-0.39, 0.29) is 11.7 Å². The molecule has 1 aliphatic rings. The summed E-state index contributed by atoms with van der Waals surface area (Å²) in [6, 6.07) is 5.25. The Morgan fingerprint density at radius 1 is 1.32 bits per heavy atom. The number of rotatable bonds is 6. The van der Waals surface area contributed by atoms with Gasteiger partial charge in [0.2, 0.25) is 10.0 Å². The van der Waals surface area contributed by atoms with Crippen LogP contribution in [0.4, 0.5) is 5.69 Å². The maximum Gasteiger partial charge on any atom is 0.306 e. The van der Waals surface area contributed by atoms with Crippen molar-refractivity contribution in [2.75, 3.05) is 10.5 Å². The summed E-state index contributed by atoms with van der Waals surface area (Å²) in [5.74, 6) is 0.432. The van der Waals surface area contributed by atoms with Crippen LogP contribution < -0.4 is 4.72 Å². The molecule has 0 atom stereocenters. The van der Waals surface area contributed by atoms with Gasteiger partial charge in [-0.25, -0.2) is 13.4 Å². The number of sulfonamides is 1. The number of nitrogens with one attached hydrogen (secondary N) is 2. The lowest BCUT2D eigenvalue weighted by molar-refractivity contribution is -0.143. The predicted octanol–water partition coefficient (Wildman–Crippen LogP) is 2.76. The van der Waals surface area contributed by atoms with Gasteiger partial charge in [-0.3, -0.25) is 9.52 Å². The second kappa shape index (κ2) is 7.03. The van der Waals surface area contributed by atoms with Crippen LogP contribution in [0.15, 0.2) is 18.2 Å². The minimum atomic E-state index is -3.30. The maximum atomic E-state index is 11.7. The van der Waals surface area contributed by atoms with Gasteiger partial charge < -0.3 is 10.1 Å². The van der Waals surface area contributed by atoms with E-state index < -0.39 is 16.0 Å². The molecule has 1 aromatic carbocycles. The number of H-pyrrole nitrogens is 1. The highest BCUT2D eigenvalue weighted by Crippen LogP contribution is 2.31. The number of aliphatic carboxylic acids is 1. The van der Waals surface area contributed by atoms with E-state index in [1.165, 1.54) is 0 Å². The molecule has 3 rings (SSSR count). The predicted molar refractivity (Wildman–Crippen MR) is 96.0 cm³/mol. The molecule has 8 heteroatoms. The monoisotopic (exact) mass is 365 g/mol. The average Bonchev–Trinajstić information content (AvgIpc) is 2.96. The van der Waals surface area contributed by atoms with E-state index in [1.807, 2.05) is 0 Å². The molecule has 136 valence electrons. The van der Waals surface area contributed by atoms with Crippen molar-refractivity contribution >= 4 is 32.7 Å². The molecule has 0 amide bonds. The van der Waals surface area contributed by atoms with Crippen LogP contribution in [0.5, 0.6) is 0 Å². The number of carboxylic acids is 1. The summed E-state index contributed by atoms with van der Waals surface area (Å²) in [6.45, 7) is 1.59. The first-order chi connectivity index (χ1) is 11.9. The number of imidazole rings is 1. The third-order valence-corrected chi connectivity index (χ3v) is 6.17. The molecule has 0 bridgehead atoms. The Morgan fingerprint density at radius 2 is 2.04 bits per heavy atom. The first kappa shape index (κ1) is 17.7. The minimum absolute atomic E-state index is 0.0261. The van der Waals surface area contributed by atoms with Crippen LogP contribution in [0.25, 0.3) is 11.0 Å². The Bertz CT molecular complexity index is 867. The number of benzene rings is 1. The van der Waals surface area contributed by atoms with Crippen molar-refractivity contribution in [3.63, 3.8) is 0 Å². The van der Waals surface area contributed by atoms with E-state index in [0.29, 0.717) is 11.6 Å². The summed E-state index contributed by atoms with van der Waals surface area (Å²) in [5, 5.41) is 9.07. The van der Waals surface area contributed by atoms with Crippen molar-refractivity contribution < 1.29 is 18.3 Å². The molecule has 0 radical (unpaired) electrons. The molecule has 1 saturated carbocycles. The topological polar surface area (TPSA) is 112 Å². The maximum absolute atomic E-state index is 11.7. The van der Waals surface area contributed by atoms with Crippen molar-refractivity contribution in [2.45, 2.75) is 39.0 Å². The van der Waals surface area contributed by atoms with Crippen molar-refractivity contribution in [3.05, 3.63) is 24.0 Å². The molecule has 3 N–H and O–H groups in total. The number of aromatic nitrogens is 2. The van der Waals surface area contributed by atoms with E-state index in [4.69, 9.17) is 5.11 Å². The fourth-order valence-electron chi connectivity index (χ4n) is 3.36. The molecular formula is C17H23N3O4S. The number of nitrogens with zero attached hydrogens (tertiary/aromatic N) is 1. The van der Waals surface area contributed by atoms with Gasteiger partial charge in [0.25, 0.3) is 0 Å². The summed E-state index contributed by atoms with van der Waals surface area (Å²) in [4.78, 5) is 18.9. The summed E-state index contributed by atoms with van der Waals surface area (Å²) in [7, 11) is -3.30. The third kappa shape index (κ3) is 4.31. The first-order valence-electron chi connectivity index (χ1n) is 8.58. The van der Waals surface area contributed by atoms with Crippen molar-refractivity contribution in [3.8, 4) is 0 Å². The second-order valence-electron chi connectivity index (χ2n) is 6.68. The van der Waals surface area contributed by atoms with Crippen LogP contribution in [0.3, 0.4) is 0 Å². The molecular weight excluding hydrogens is 342 g/mol. The van der Waals surface area contributed by atoms with Crippen LogP contribution in [0.1, 0.15) is 38.4 Å². The van der Waals surface area contributed by atoms with Gasteiger partial charge in [0, 0.05) is 6.42 Å². The Balaban J connectivity index is 1.68. The highest BCUT2D eigenvalue weighted by atomic mass is 32.2. The SMILES string of the molecule is CCS(=O)(=O)Nc1ccc2nc(CC3CCC(C(=O)O)CC3)[nH]c2c1. The third-order valence-electron chi connectivity index (χ3n) is 4.86. The number of hydrogen-bond donors (Lipinski definition) is 3. The Labute approximate surface area is 146 Å². The van der Waals surface area contributed by atoms with Crippen LogP contribution in [-0.4, -0.2) is 35.2 Å². The summed E-state index contributed by atoms with van der Waals surface area (Å²) in [5.41, 5.74) is 2.12. The molecule has 1 fully saturated rings. The van der Waals surface area contributed by atoms with Crippen LogP contribution in [0, 0.1) is 11.8 Å². The smallest absolute Gasteiger partial charge is 0.306 e. The summed E-state index contributed by atoms with van der Waals surface area (Å²) >= 11 is 0. The lowest BCUT2D eigenvalue weighted by Gasteiger charge is -2.25. The van der Waals surface area contributed by atoms with Crippen LogP contribution in [-0.2, 0) is 21.2 Å². The molecule has 1 aliphatic carbocycles. The normalized spacial score (nSPS) is 21.3. The molecule has 1 heterocycles. The lowest BCUT2D eigenvalue weighted by atomic mass is 9.80. The molecule has 25 heavy (non-hydrogen) atoms. The molecule has 2 aromatic rings. The van der Waals surface area contributed by atoms with E-state index >= 15 is 0 Å². The van der Waals surface area contributed by atoms with Gasteiger partial charge in [0.1, 0.15) is 5.82 Å². The Morgan fingerprint density at radius 3 is 2.68 bits per heavy atom. The second-order valence-corrected chi connectivity index (χ2v) is 8.69. The quantitative estimate of drug-likeness (QED) is 0.729. The van der Waals surface area contributed by atoms with Gasteiger partial charge in [0.15, 0.2) is 0 Å². The molecule has 7 nitrogen and oxygen atoms in total. The number of fused-ring (bicyclic) bond motifs is 1. The zero-order chi connectivity index (χ0) is 18.0. The number of carboxylic acid groups (broad SMARTS) is 1. The number of carbonyl (C=O) groups is 1. The molecule has 0 unspecified atom stereocenters. The van der Waals surface area contributed by atoms with Gasteiger partial charge in [-0.2, -0.15) is 0 Å². The van der Waals surface area contributed by atoms with E-state index in [1.54, 1.807) is 25.1 Å². The zero-order valence-corrected chi connectivity index (χ0v) is 15.0. The highest BCUT2D eigenvalue weighted by molar-refractivity contribution is 7.92. The van der Waals surface area contributed by atoms with E-state index in [0.717, 1.165) is 49.0 Å². The van der Waals surface area contributed by atoms with Crippen molar-refractivity contribution in [2.24, 2.45) is 11.8 Å². The number of hydrogen-bond acceptors (Lipinski definition) is 4. The van der Waals surface area contributed by atoms with Gasteiger partial charge >= 0.3 is 5.97 Å². The van der Waals surface area contributed by atoms with E-state index in [2.05, 4.69) is 14.7 Å². The highest BCUT2D eigenvalue weighted by Gasteiger charge is 2.26. The van der Waals surface area contributed by atoms with Crippen LogP contribution >= 0.6 is 0 Å². The number of aromatic amines is 1. The van der Waals surface area contributed by atoms with Gasteiger partial charge in [-0.1, -0.05) is 0 Å². The first-order valence-corrected chi connectivity index (χ1v) is 10.2. The molecule has 0 saturated heterocycles. The van der Waals surface area contributed by atoms with Crippen molar-refractivity contribution in [1.82, 2.24) is 9.97 Å². The fraction of sp³-hybridized carbons (Fsp3) is 0.529. The average molecular weight is 365 g/mol. The minimum Gasteiger partial charge on any atom is -0.481 e. The zero-order valence-electron chi connectivity index (χ0n) is 14.2. The Kier molecular flexibility index (Phi) is 4.99. The standard InChI is InChI=1S/C17H23N3O4S/c1-2-25(23,24)20-13-7-8-14-15(10-13)19-16(18-14)9-11-3-5-12(6-4-11)17(21)22/h7-8,10-12,20H,2-6,9H2,1H3,(H,18,19)(H,21,22). The van der Waals surface area contributed by atoms with E-state index in [9.17, 15) is 13.2 Å². The lowest BCUT2D eigenvalue weighted by Crippen LogP contribution is -2.22. The van der Waals surface area contributed by atoms with Crippen molar-refractivity contribution in [1.29, 1.82) is 0 Å². The Hall–Kier alpha value is -2.09. The van der Waals surface area contributed by atoms with Crippen LogP contribution in [0.2, 0.25) is 0 Å². The largest absolute Gasteiger partial charge is 0.481 e. The molecule has 1 aromatic heterocycles. The van der Waals surface area contributed by atoms with Gasteiger partial charge in [-0.05, 0) is 56.7 Å².